The van der Waals surface area contributed by atoms with E-state index in [9.17, 15) is 0 Å². The van der Waals surface area contributed by atoms with Gasteiger partial charge in [-0.1, -0.05) is 54.6 Å². The SMILES string of the molecule is OBO/C=C/c1ccc(-c2ccccc2)cc1. The average molecular weight is 224 g/mol. The predicted molar refractivity (Wildman–Crippen MR) is 71.4 cm³/mol. The van der Waals surface area contributed by atoms with Crippen molar-refractivity contribution in [3.05, 3.63) is 66.4 Å². The topological polar surface area (TPSA) is 29.5 Å². The lowest BCUT2D eigenvalue weighted by Crippen LogP contribution is -1.87. The van der Waals surface area contributed by atoms with Crippen LogP contribution >= 0.6 is 0 Å². The van der Waals surface area contributed by atoms with Gasteiger partial charge in [-0.05, 0) is 22.8 Å². The van der Waals surface area contributed by atoms with Crippen molar-refractivity contribution in [2.24, 2.45) is 0 Å². The molecule has 0 unspecified atom stereocenters. The Morgan fingerprint density at radius 1 is 0.882 bits per heavy atom. The van der Waals surface area contributed by atoms with Gasteiger partial charge >= 0.3 is 7.69 Å². The van der Waals surface area contributed by atoms with Crippen LogP contribution in [0.3, 0.4) is 0 Å². The van der Waals surface area contributed by atoms with E-state index in [4.69, 9.17) is 9.68 Å². The maximum absolute atomic E-state index is 8.46. The monoisotopic (exact) mass is 224 g/mol. The summed E-state index contributed by atoms with van der Waals surface area (Å²) in [5, 5.41) is 8.46. The van der Waals surface area contributed by atoms with Gasteiger partial charge in [-0.25, -0.2) is 0 Å². The van der Waals surface area contributed by atoms with Crippen molar-refractivity contribution in [1.82, 2.24) is 0 Å². The molecule has 2 nitrogen and oxygen atoms in total. The molecule has 84 valence electrons. The van der Waals surface area contributed by atoms with E-state index >= 15 is 0 Å². The molecule has 0 spiro atoms. The standard InChI is InChI=1S/C14H13BO2/c16-15-17-11-10-12-6-8-14(9-7-12)13-4-2-1-3-5-13/h1-11,15-16H/b11-10+. The average Bonchev–Trinajstić information content (AvgIpc) is 2.41. The first-order valence-electron chi connectivity index (χ1n) is 5.44. The van der Waals surface area contributed by atoms with Crippen molar-refractivity contribution in [3.63, 3.8) is 0 Å². The van der Waals surface area contributed by atoms with E-state index in [-0.39, 0.29) is 7.69 Å². The molecule has 0 atom stereocenters. The second-order valence-corrected chi connectivity index (χ2v) is 3.59. The van der Waals surface area contributed by atoms with Crippen LogP contribution in [0.25, 0.3) is 17.2 Å². The molecule has 3 heteroatoms. The van der Waals surface area contributed by atoms with Gasteiger partial charge in [0, 0.05) is 0 Å². The molecule has 0 fully saturated rings. The number of rotatable bonds is 4. The summed E-state index contributed by atoms with van der Waals surface area (Å²) in [6, 6.07) is 18.4. The Bertz CT molecular complexity index is 477. The fourth-order valence-electron chi connectivity index (χ4n) is 1.59. The lowest BCUT2D eigenvalue weighted by atomic mass is 10.0. The molecule has 0 aromatic heterocycles. The minimum atomic E-state index is -0.293. The highest BCUT2D eigenvalue weighted by Gasteiger charge is 1.95. The van der Waals surface area contributed by atoms with Crippen molar-refractivity contribution in [1.29, 1.82) is 0 Å². The lowest BCUT2D eigenvalue weighted by molar-refractivity contribution is 0.408. The third-order valence-corrected chi connectivity index (χ3v) is 2.45. The first-order valence-corrected chi connectivity index (χ1v) is 5.44. The molecular formula is C14H13BO2. The molecule has 0 aliphatic carbocycles. The summed E-state index contributed by atoms with van der Waals surface area (Å²) in [5.74, 6) is 0. The van der Waals surface area contributed by atoms with Crippen molar-refractivity contribution in [2.75, 3.05) is 0 Å². The van der Waals surface area contributed by atoms with Crippen LogP contribution in [0.1, 0.15) is 5.56 Å². The van der Waals surface area contributed by atoms with Crippen molar-refractivity contribution in [2.45, 2.75) is 0 Å². The second kappa shape index (κ2) is 5.92. The van der Waals surface area contributed by atoms with Gasteiger partial charge in [0.05, 0.1) is 6.26 Å². The molecule has 0 saturated carbocycles. The van der Waals surface area contributed by atoms with Gasteiger partial charge in [0.1, 0.15) is 0 Å². The Morgan fingerprint density at radius 3 is 2.18 bits per heavy atom. The van der Waals surface area contributed by atoms with Gasteiger partial charge < -0.3 is 9.68 Å². The van der Waals surface area contributed by atoms with Crippen LogP contribution in [-0.4, -0.2) is 12.7 Å². The van der Waals surface area contributed by atoms with E-state index in [1.165, 1.54) is 17.4 Å². The highest BCUT2D eigenvalue weighted by Crippen LogP contribution is 2.19. The van der Waals surface area contributed by atoms with E-state index in [0.29, 0.717) is 0 Å². The maximum Gasteiger partial charge on any atom is 0.503 e. The first-order chi connectivity index (χ1) is 8.40. The van der Waals surface area contributed by atoms with Gasteiger partial charge in [0.25, 0.3) is 0 Å². The molecule has 1 N–H and O–H groups in total. The predicted octanol–water partition coefficient (Wildman–Crippen LogP) is 2.60. The molecule has 0 heterocycles. The van der Waals surface area contributed by atoms with E-state index in [0.717, 1.165) is 5.56 Å². The highest BCUT2D eigenvalue weighted by atomic mass is 16.5. The van der Waals surface area contributed by atoms with Gasteiger partial charge in [-0.2, -0.15) is 0 Å². The molecule has 2 aromatic rings. The van der Waals surface area contributed by atoms with Gasteiger partial charge in [-0.3, -0.25) is 0 Å². The molecule has 0 aliphatic heterocycles. The Kier molecular flexibility index (Phi) is 4.00. The molecule has 0 saturated heterocycles. The summed E-state index contributed by atoms with van der Waals surface area (Å²) in [5.41, 5.74) is 3.43. The minimum Gasteiger partial charge on any atom is -0.545 e. The first kappa shape index (κ1) is 11.5. The quantitative estimate of drug-likeness (QED) is 0.638. The molecule has 17 heavy (non-hydrogen) atoms. The third kappa shape index (κ3) is 3.23. The fraction of sp³-hybridized carbons (Fsp3) is 0. The van der Waals surface area contributed by atoms with E-state index in [1.807, 2.05) is 36.4 Å². The summed E-state index contributed by atoms with van der Waals surface area (Å²) in [6.07, 6.45) is 3.29. The smallest absolute Gasteiger partial charge is 0.503 e. The number of hydrogen-bond donors (Lipinski definition) is 1. The van der Waals surface area contributed by atoms with Crippen molar-refractivity contribution >= 4 is 13.8 Å². The molecule has 0 aliphatic rings. The molecular weight excluding hydrogens is 211 g/mol. The van der Waals surface area contributed by atoms with E-state index in [2.05, 4.69) is 24.3 Å². The van der Waals surface area contributed by atoms with Gasteiger partial charge in [0.15, 0.2) is 0 Å². The molecule has 0 bridgehead atoms. The molecule has 2 aromatic carbocycles. The highest BCUT2D eigenvalue weighted by molar-refractivity contribution is 6.16. The number of hydrogen-bond acceptors (Lipinski definition) is 2. The zero-order valence-electron chi connectivity index (χ0n) is 9.41. The number of benzene rings is 2. The van der Waals surface area contributed by atoms with Crippen LogP contribution in [-0.2, 0) is 4.65 Å². The Morgan fingerprint density at radius 2 is 1.53 bits per heavy atom. The summed E-state index contributed by atoms with van der Waals surface area (Å²) in [7, 11) is -0.293. The second-order valence-electron chi connectivity index (χ2n) is 3.59. The van der Waals surface area contributed by atoms with Gasteiger partial charge in [-0.15, -0.1) is 0 Å². The van der Waals surface area contributed by atoms with Crippen molar-refractivity contribution < 1.29 is 9.68 Å². The van der Waals surface area contributed by atoms with Gasteiger partial charge in [0.2, 0.25) is 0 Å². The minimum absolute atomic E-state index is 0.293. The Hall–Kier alpha value is -2.00. The lowest BCUT2D eigenvalue weighted by Gasteiger charge is -2.01. The van der Waals surface area contributed by atoms with E-state index in [1.54, 1.807) is 0 Å². The van der Waals surface area contributed by atoms with Crippen LogP contribution in [0.15, 0.2) is 60.9 Å². The zero-order chi connectivity index (χ0) is 11.9. The van der Waals surface area contributed by atoms with Crippen molar-refractivity contribution in [3.8, 4) is 11.1 Å². The van der Waals surface area contributed by atoms with Crippen LogP contribution < -0.4 is 0 Å². The maximum atomic E-state index is 8.46. The Labute approximate surface area is 101 Å². The van der Waals surface area contributed by atoms with Crippen LogP contribution in [0.2, 0.25) is 0 Å². The summed E-state index contributed by atoms with van der Waals surface area (Å²) in [4.78, 5) is 0. The van der Waals surface area contributed by atoms with E-state index < -0.39 is 0 Å². The summed E-state index contributed by atoms with van der Waals surface area (Å²) < 4.78 is 4.73. The largest absolute Gasteiger partial charge is 0.545 e. The summed E-state index contributed by atoms with van der Waals surface area (Å²) in [6.45, 7) is 0. The molecule has 0 radical (unpaired) electrons. The normalized spacial score (nSPS) is 10.4. The fourth-order valence-corrected chi connectivity index (χ4v) is 1.59. The third-order valence-electron chi connectivity index (χ3n) is 2.45. The van der Waals surface area contributed by atoms with Crippen LogP contribution in [0, 0.1) is 0 Å². The zero-order valence-corrected chi connectivity index (χ0v) is 9.41. The molecule has 2 rings (SSSR count). The summed E-state index contributed by atoms with van der Waals surface area (Å²) >= 11 is 0. The Balaban J connectivity index is 2.13. The van der Waals surface area contributed by atoms with Crippen LogP contribution in [0.5, 0.6) is 0 Å². The molecule has 0 amide bonds. The van der Waals surface area contributed by atoms with Crippen LogP contribution in [0.4, 0.5) is 0 Å².